The summed E-state index contributed by atoms with van der Waals surface area (Å²) < 4.78 is 0. The van der Waals surface area contributed by atoms with Crippen LogP contribution in [0.4, 0.5) is 0 Å². The van der Waals surface area contributed by atoms with E-state index in [1.54, 1.807) is 6.20 Å². The molecule has 0 radical (unpaired) electrons. The van der Waals surface area contributed by atoms with Crippen molar-refractivity contribution >= 4 is 22.2 Å². The summed E-state index contributed by atoms with van der Waals surface area (Å²) in [5.41, 5.74) is 8.70. The van der Waals surface area contributed by atoms with Crippen LogP contribution in [0, 0.1) is 0 Å². The molecule has 3 heterocycles. The Labute approximate surface area is 187 Å². The fourth-order valence-electron chi connectivity index (χ4n) is 4.24. The van der Waals surface area contributed by atoms with E-state index in [1.165, 1.54) is 16.7 Å². The van der Waals surface area contributed by atoms with E-state index in [9.17, 15) is 0 Å². The van der Waals surface area contributed by atoms with Gasteiger partial charge in [0.25, 0.3) is 0 Å². The molecule has 2 aliphatic rings. The number of dihydropyridines is 1. The number of nitrogens with one attached hydrogen (secondary N) is 1. The van der Waals surface area contributed by atoms with Crippen molar-refractivity contribution in [3.8, 4) is 11.4 Å². The Hall–Kier alpha value is -4.24. The van der Waals surface area contributed by atoms with Crippen molar-refractivity contribution in [2.45, 2.75) is 6.04 Å². The first-order valence-corrected chi connectivity index (χ1v) is 10.8. The van der Waals surface area contributed by atoms with Crippen molar-refractivity contribution in [1.82, 2.24) is 15.3 Å². The van der Waals surface area contributed by atoms with Crippen LogP contribution < -0.4 is 5.32 Å². The van der Waals surface area contributed by atoms with E-state index in [-0.39, 0.29) is 6.04 Å². The van der Waals surface area contributed by atoms with Crippen molar-refractivity contribution < 1.29 is 0 Å². The molecule has 1 aliphatic heterocycles. The molecule has 1 atom stereocenters. The zero-order valence-electron chi connectivity index (χ0n) is 17.4. The molecule has 152 valence electrons. The second-order valence-electron chi connectivity index (χ2n) is 8.01. The van der Waals surface area contributed by atoms with Crippen LogP contribution >= 0.6 is 0 Å². The summed E-state index contributed by atoms with van der Waals surface area (Å²) in [6, 6.07) is 27.1. The lowest BCUT2D eigenvalue weighted by molar-refractivity contribution is 0.815. The van der Waals surface area contributed by atoms with Crippen LogP contribution in [0.25, 0.3) is 33.6 Å². The zero-order valence-corrected chi connectivity index (χ0v) is 17.4. The molecule has 0 saturated carbocycles. The number of allylic oxidation sites excluding steroid dienone is 4. The molecular weight excluding hydrogens is 390 g/mol. The van der Waals surface area contributed by atoms with Gasteiger partial charge < -0.3 is 5.32 Å². The first-order valence-electron chi connectivity index (χ1n) is 10.8. The molecule has 0 bridgehead atoms. The fourth-order valence-corrected chi connectivity index (χ4v) is 4.24. The Kier molecular flexibility index (Phi) is 4.51. The van der Waals surface area contributed by atoms with Gasteiger partial charge in [0.15, 0.2) is 0 Å². The second kappa shape index (κ2) is 7.78. The minimum atomic E-state index is 0.152. The normalized spacial score (nSPS) is 17.1. The molecule has 1 unspecified atom stereocenters. The topological polar surface area (TPSA) is 37.8 Å². The highest BCUT2D eigenvalue weighted by molar-refractivity contribution is 5.86. The Morgan fingerprint density at radius 1 is 0.719 bits per heavy atom. The highest BCUT2D eigenvalue weighted by Gasteiger charge is 2.19. The molecule has 0 saturated heterocycles. The lowest BCUT2D eigenvalue weighted by atomic mass is 9.90. The summed E-state index contributed by atoms with van der Waals surface area (Å²) in [5.74, 6) is 0. The van der Waals surface area contributed by atoms with Crippen LogP contribution in [0.1, 0.15) is 11.1 Å². The predicted octanol–water partition coefficient (Wildman–Crippen LogP) is 6.19. The van der Waals surface area contributed by atoms with E-state index < -0.39 is 0 Å². The SMILES string of the molecule is C1=CC2=CC=C(c3ccc4ccc(-c5ccccn5)nc4c3)NC2C=C1c1ccccc1. The maximum absolute atomic E-state index is 4.88. The van der Waals surface area contributed by atoms with Gasteiger partial charge >= 0.3 is 0 Å². The van der Waals surface area contributed by atoms with Crippen molar-refractivity contribution in [2.75, 3.05) is 0 Å². The molecule has 4 aromatic rings. The molecule has 0 amide bonds. The van der Waals surface area contributed by atoms with E-state index in [0.717, 1.165) is 33.6 Å². The summed E-state index contributed by atoms with van der Waals surface area (Å²) in [6.07, 6.45) is 12.8. The zero-order chi connectivity index (χ0) is 21.3. The van der Waals surface area contributed by atoms with Gasteiger partial charge in [-0.15, -0.1) is 0 Å². The van der Waals surface area contributed by atoms with Gasteiger partial charge in [0.1, 0.15) is 0 Å². The first-order chi connectivity index (χ1) is 15.8. The fraction of sp³-hybridized carbons (Fsp3) is 0.0345. The number of nitrogens with zero attached hydrogens (tertiary/aromatic N) is 2. The largest absolute Gasteiger partial charge is 0.374 e. The average molecular weight is 412 g/mol. The molecule has 1 aliphatic carbocycles. The number of hydrogen-bond donors (Lipinski definition) is 1. The van der Waals surface area contributed by atoms with Crippen molar-refractivity contribution in [2.24, 2.45) is 0 Å². The van der Waals surface area contributed by atoms with Crippen LogP contribution in [-0.2, 0) is 0 Å². The van der Waals surface area contributed by atoms with Gasteiger partial charge in [0.2, 0.25) is 0 Å². The molecule has 3 heteroatoms. The molecule has 2 aromatic carbocycles. The van der Waals surface area contributed by atoms with Crippen LogP contribution in [0.5, 0.6) is 0 Å². The Morgan fingerprint density at radius 2 is 1.59 bits per heavy atom. The van der Waals surface area contributed by atoms with Gasteiger partial charge in [-0.25, -0.2) is 4.98 Å². The lowest BCUT2D eigenvalue weighted by Gasteiger charge is -2.27. The van der Waals surface area contributed by atoms with Gasteiger partial charge in [-0.2, -0.15) is 0 Å². The summed E-state index contributed by atoms with van der Waals surface area (Å²) in [4.78, 5) is 9.32. The van der Waals surface area contributed by atoms with Crippen molar-refractivity contribution in [3.05, 3.63) is 132 Å². The van der Waals surface area contributed by atoms with E-state index in [1.807, 2.05) is 24.3 Å². The number of hydrogen-bond acceptors (Lipinski definition) is 3. The Bertz CT molecular complexity index is 1430. The second-order valence-corrected chi connectivity index (χ2v) is 8.01. The molecule has 6 rings (SSSR count). The minimum Gasteiger partial charge on any atom is -0.374 e. The van der Waals surface area contributed by atoms with E-state index in [4.69, 9.17) is 4.98 Å². The van der Waals surface area contributed by atoms with Gasteiger partial charge in [-0.3, -0.25) is 4.98 Å². The molecule has 1 N–H and O–H groups in total. The van der Waals surface area contributed by atoms with Gasteiger partial charge in [-0.1, -0.05) is 78.9 Å². The van der Waals surface area contributed by atoms with E-state index in [0.29, 0.717) is 0 Å². The first kappa shape index (κ1) is 18.5. The highest BCUT2D eigenvalue weighted by atomic mass is 14.9. The molecule has 3 nitrogen and oxygen atoms in total. The summed E-state index contributed by atoms with van der Waals surface area (Å²) in [5, 5.41) is 4.83. The quantitative estimate of drug-likeness (QED) is 0.437. The number of benzene rings is 2. The number of rotatable bonds is 3. The van der Waals surface area contributed by atoms with Gasteiger partial charge in [0, 0.05) is 17.3 Å². The monoisotopic (exact) mass is 411 g/mol. The maximum Gasteiger partial charge on any atom is 0.0893 e. The van der Waals surface area contributed by atoms with Gasteiger partial charge in [0.05, 0.1) is 22.9 Å². The Morgan fingerprint density at radius 3 is 2.47 bits per heavy atom. The molecule has 0 spiro atoms. The molecule has 0 fully saturated rings. The van der Waals surface area contributed by atoms with Crippen LogP contribution in [0.2, 0.25) is 0 Å². The predicted molar refractivity (Wildman–Crippen MR) is 132 cm³/mol. The average Bonchev–Trinajstić information content (AvgIpc) is 2.88. The van der Waals surface area contributed by atoms with Crippen LogP contribution in [0.15, 0.2) is 121 Å². The van der Waals surface area contributed by atoms with Crippen LogP contribution in [-0.4, -0.2) is 16.0 Å². The third-order valence-electron chi connectivity index (χ3n) is 5.95. The van der Waals surface area contributed by atoms with E-state index >= 15 is 0 Å². The molecular formula is C29H21N3. The summed E-state index contributed by atoms with van der Waals surface area (Å²) in [7, 11) is 0. The lowest BCUT2D eigenvalue weighted by Crippen LogP contribution is -2.30. The van der Waals surface area contributed by atoms with Crippen LogP contribution in [0.3, 0.4) is 0 Å². The smallest absolute Gasteiger partial charge is 0.0893 e. The standard InChI is InChI=1S/C29H21N3/c1-2-6-20(7-3-1)23-11-9-21-13-15-25(31-28(21)18-23)24-12-10-22-14-16-27(32-29(22)19-24)26-8-4-5-17-30-26/h1-19,28,31H. The van der Waals surface area contributed by atoms with E-state index in [2.05, 4.69) is 95.3 Å². The third kappa shape index (κ3) is 3.44. The summed E-state index contributed by atoms with van der Waals surface area (Å²) >= 11 is 0. The summed E-state index contributed by atoms with van der Waals surface area (Å²) in [6.45, 7) is 0. The highest BCUT2D eigenvalue weighted by Crippen LogP contribution is 2.30. The minimum absolute atomic E-state index is 0.152. The van der Waals surface area contributed by atoms with Crippen molar-refractivity contribution in [3.63, 3.8) is 0 Å². The molecule has 2 aromatic heterocycles. The molecule has 32 heavy (non-hydrogen) atoms. The van der Waals surface area contributed by atoms with Gasteiger partial charge in [-0.05, 0) is 52.6 Å². The Balaban J connectivity index is 1.33. The number of fused-ring (bicyclic) bond motifs is 2. The number of aromatic nitrogens is 2. The van der Waals surface area contributed by atoms with Crippen molar-refractivity contribution in [1.29, 1.82) is 0 Å². The number of pyridine rings is 2. The maximum atomic E-state index is 4.88. The third-order valence-corrected chi connectivity index (χ3v) is 5.95.